The zero-order chi connectivity index (χ0) is 14.0. The molecule has 1 N–H and O–H groups in total. The molecule has 1 saturated carbocycles. The van der Waals surface area contributed by atoms with E-state index in [0.29, 0.717) is 6.04 Å². The minimum absolute atomic E-state index is 0.280. The Balaban J connectivity index is 1.62. The molecule has 0 aromatic carbocycles. The molecular weight excluding hydrogens is 254 g/mol. The van der Waals surface area contributed by atoms with Gasteiger partial charge in [0.05, 0.1) is 18.9 Å². The highest BCUT2D eigenvalue weighted by molar-refractivity contribution is 5.65. The Morgan fingerprint density at radius 2 is 1.95 bits per heavy atom. The van der Waals surface area contributed by atoms with E-state index in [4.69, 9.17) is 9.47 Å². The Hall–Kier alpha value is -1.33. The highest BCUT2D eigenvalue weighted by Crippen LogP contribution is 2.37. The van der Waals surface area contributed by atoms with E-state index in [1.807, 2.05) is 31.3 Å². The van der Waals surface area contributed by atoms with Gasteiger partial charge in [0.25, 0.3) is 0 Å². The lowest BCUT2D eigenvalue weighted by atomic mass is 9.90. The topological polar surface area (TPSA) is 46.6 Å². The number of aromatic nitrogens is 1. The van der Waals surface area contributed by atoms with E-state index < -0.39 is 0 Å². The first-order valence-corrected chi connectivity index (χ1v) is 7.35. The second kappa shape index (κ2) is 5.58. The molecule has 0 radical (unpaired) electrons. The molecule has 0 atom stereocenters. The fourth-order valence-corrected chi connectivity index (χ4v) is 3.07. The van der Waals surface area contributed by atoms with Crippen molar-refractivity contribution in [3.05, 3.63) is 18.3 Å². The van der Waals surface area contributed by atoms with Crippen LogP contribution in [0.1, 0.15) is 25.7 Å². The van der Waals surface area contributed by atoms with Gasteiger partial charge in [-0.25, -0.2) is 4.98 Å². The fourth-order valence-electron chi connectivity index (χ4n) is 3.07. The van der Waals surface area contributed by atoms with Crippen LogP contribution < -0.4 is 10.2 Å². The third kappa shape index (κ3) is 2.74. The number of nitrogens with one attached hydrogen (secondary N) is 1. The van der Waals surface area contributed by atoms with Crippen molar-refractivity contribution >= 4 is 11.5 Å². The standard InChI is InChI=1S/C15H23N3O2/c1-18(2)14-13(4-3-9-16-14)17-12-5-7-15(8-6-12)19-10-11-20-15/h3-4,9,12,17H,5-8,10-11H2,1-2H3. The molecule has 1 aromatic heterocycles. The quantitative estimate of drug-likeness (QED) is 0.918. The Labute approximate surface area is 120 Å². The van der Waals surface area contributed by atoms with Crippen LogP contribution in [0.2, 0.25) is 0 Å². The average molecular weight is 277 g/mol. The summed E-state index contributed by atoms with van der Waals surface area (Å²) in [4.78, 5) is 6.47. The van der Waals surface area contributed by atoms with Gasteiger partial charge in [0, 0.05) is 39.2 Å². The molecule has 1 aliphatic heterocycles. The lowest BCUT2D eigenvalue weighted by Gasteiger charge is -2.36. The van der Waals surface area contributed by atoms with Gasteiger partial charge in [0.2, 0.25) is 0 Å². The van der Waals surface area contributed by atoms with Crippen molar-refractivity contribution in [3.63, 3.8) is 0 Å². The second-order valence-electron chi connectivity index (χ2n) is 5.80. The highest BCUT2D eigenvalue weighted by atomic mass is 16.7. The van der Waals surface area contributed by atoms with Crippen LogP contribution in [-0.2, 0) is 9.47 Å². The maximum atomic E-state index is 5.77. The van der Waals surface area contributed by atoms with Gasteiger partial charge < -0.3 is 19.7 Å². The summed E-state index contributed by atoms with van der Waals surface area (Å²) in [7, 11) is 4.03. The monoisotopic (exact) mass is 277 g/mol. The second-order valence-corrected chi connectivity index (χ2v) is 5.80. The van der Waals surface area contributed by atoms with Crippen molar-refractivity contribution in [3.8, 4) is 0 Å². The normalized spacial score (nSPS) is 22.1. The maximum absolute atomic E-state index is 5.77. The first kappa shape index (κ1) is 13.6. The summed E-state index contributed by atoms with van der Waals surface area (Å²) >= 11 is 0. The summed E-state index contributed by atoms with van der Waals surface area (Å²) in [6.07, 6.45) is 5.92. The molecule has 1 saturated heterocycles. The number of anilines is 2. The van der Waals surface area contributed by atoms with Crippen molar-refractivity contribution in [1.82, 2.24) is 4.98 Å². The Kier molecular flexibility index (Phi) is 3.81. The van der Waals surface area contributed by atoms with Gasteiger partial charge in [-0.05, 0) is 25.0 Å². The summed E-state index contributed by atoms with van der Waals surface area (Å²) in [6.45, 7) is 1.48. The Morgan fingerprint density at radius 1 is 1.25 bits per heavy atom. The van der Waals surface area contributed by atoms with Gasteiger partial charge in [-0.3, -0.25) is 0 Å². The zero-order valence-corrected chi connectivity index (χ0v) is 12.3. The molecule has 2 heterocycles. The van der Waals surface area contributed by atoms with Gasteiger partial charge in [-0.2, -0.15) is 0 Å². The molecule has 3 rings (SSSR count). The molecule has 0 unspecified atom stereocenters. The molecule has 110 valence electrons. The number of hydrogen-bond donors (Lipinski definition) is 1. The van der Waals surface area contributed by atoms with Crippen molar-refractivity contribution < 1.29 is 9.47 Å². The number of hydrogen-bond acceptors (Lipinski definition) is 5. The summed E-state index contributed by atoms with van der Waals surface area (Å²) in [5.74, 6) is 0.707. The molecule has 0 bridgehead atoms. The van der Waals surface area contributed by atoms with Gasteiger partial charge in [0.15, 0.2) is 11.6 Å². The van der Waals surface area contributed by atoms with E-state index in [1.54, 1.807) is 0 Å². The Bertz CT molecular complexity index is 448. The van der Waals surface area contributed by atoms with Crippen LogP contribution in [0.5, 0.6) is 0 Å². The van der Waals surface area contributed by atoms with E-state index in [9.17, 15) is 0 Å². The van der Waals surface area contributed by atoms with Crippen LogP contribution in [0.4, 0.5) is 11.5 Å². The van der Waals surface area contributed by atoms with Crippen LogP contribution in [0.15, 0.2) is 18.3 Å². The molecule has 2 fully saturated rings. The minimum Gasteiger partial charge on any atom is -0.379 e. The van der Waals surface area contributed by atoms with E-state index >= 15 is 0 Å². The van der Waals surface area contributed by atoms with E-state index in [1.165, 1.54) is 0 Å². The summed E-state index contributed by atoms with van der Waals surface area (Å²) in [5, 5.41) is 3.62. The minimum atomic E-state index is -0.280. The Morgan fingerprint density at radius 3 is 2.60 bits per heavy atom. The van der Waals surface area contributed by atoms with Crippen LogP contribution in [-0.4, -0.2) is 44.1 Å². The third-order valence-electron chi connectivity index (χ3n) is 4.13. The fraction of sp³-hybridized carbons (Fsp3) is 0.667. The van der Waals surface area contributed by atoms with Crippen LogP contribution in [0, 0.1) is 0 Å². The molecule has 5 heteroatoms. The number of rotatable bonds is 3. The lowest BCUT2D eigenvalue weighted by Crippen LogP contribution is -2.39. The largest absolute Gasteiger partial charge is 0.379 e. The number of nitrogens with zero attached hydrogens (tertiary/aromatic N) is 2. The smallest absolute Gasteiger partial charge is 0.168 e. The summed E-state index contributed by atoms with van der Waals surface area (Å²) in [5.41, 5.74) is 1.10. The molecule has 5 nitrogen and oxygen atoms in total. The van der Waals surface area contributed by atoms with Crippen molar-refractivity contribution in [2.75, 3.05) is 37.5 Å². The van der Waals surface area contributed by atoms with Crippen molar-refractivity contribution in [1.29, 1.82) is 0 Å². The average Bonchev–Trinajstić information content (AvgIpc) is 2.90. The molecule has 20 heavy (non-hydrogen) atoms. The third-order valence-corrected chi connectivity index (χ3v) is 4.13. The van der Waals surface area contributed by atoms with Crippen molar-refractivity contribution in [2.45, 2.75) is 37.5 Å². The zero-order valence-electron chi connectivity index (χ0n) is 12.3. The lowest BCUT2D eigenvalue weighted by molar-refractivity contribution is -0.177. The van der Waals surface area contributed by atoms with Crippen molar-refractivity contribution in [2.24, 2.45) is 0 Å². The summed E-state index contributed by atoms with van der Waals surface area (Å²) in [6, 6.07) is 4.54. The molecule has 2 aliphatic rings. The molecule has 1 aliphatic carbocycles. The van der Waals surface area contributed by atoms with Crippen LogP contribution in [0.3, 0.4) is 0 Å². The van der Waals surface area contributed by atoms with E-state index in [2.05, 4.69) is 16.4 Å². The number of ether oxygens (including phenoxy) is 2. The van der Waals surface area contributed by atoms with Crippen LogP contribution in [0.25, 0.3) is 0 Å². The van der Waals surface area contributed by atoms with Gasteiger partial charge >= 0.3 is 0 Å². The first-order valence-electron chi connectivity index (χ1n) is 7.35. The summed E-state index contributed by atoms with van der Waals surface area (Å²) < 4.78 is 11.5. The predicted molar refractivity (Wildman–Crippen MR) is 79.1 cm³/mol. The molecule has 1 spiro atoms. The maximum Gasteiger partial charge on any atom is 0.168 e. The van der Waals surface area contributed by atoms with Gasteiger partial charge in [-0.1, -0.05) is 0 Å². The highest BCUT2D eigenvalue weighted by Gasteiger charge is 2.40. The molecular formula is C15H23N3O2. The van der Waals surface area contributed by atoms with Crippen LogP contribution >= 0.6 is 0 Å². The van der Waals surface area contributed by atoms with E-state index in [0.717, 1.165) is 50.4 Å². The predicted octanol–water partition coefficient (Wildman–Crippen LogP) is 2.25. The van der Waals surface area contributed by atoms with E-state index in [-0.39, 0.29) is 5.79 Å². The number of pyridine rings is 1. The molecule has 0 amide bonds. The molecule has 1 aromatic rings. The first-order chi connectivity index (χ1) is 9.69. The SMILES string of the molecule is CN(C)c1ncccc1NC1CCC2(CC1)OCCO2. The van der Waals surface area contributed by atoms with Gasteiger partial charge in [0.1, 0.15) is 0 Å². The van der Waals surface area contributed by atoms with Gasteiger partial charge in [-0.15, -0.1) is 0 Å².